The van der Waals surface area contributed by atoms with Crippen LogP contribution in [-0.4, -0.2) is 60.0 Å². The van der Waals surface area contributed by atoms with Crippen LogP contribution in [-0.2, 0) is 0 Å². The third kappa shape index (κ3) is 3.68. The molecule has 20 heavy (non-hydrogen) atoms. The summed E-state index contributed by atoms with van der Waals surface area (Å²) in [6.07, 6.45) is 5.16. The smallest absolute Gasteiger partial charge is 0.259 e. The molecule has 0 aliphatic carbocycles. The molecule has 0 atom stereocenters. The van der Waals surface area contributed by atoms with Crippen LogP contribution in [0.2, 0.25) is 0 Å². The van der Waals surface area contributed by atoms with Crippen LogP contribution in [0.25, 0.3) is 0 Å². The summed E-state index contributed by atoms with van der Waals surface area (Å²) in [4.78, 5) is 30.8. The number of piperazine rings is 1. The number of unbranched alkanes of at least 4 members (excludes halogenated alkanes) is 1. The second kappa shape index (κ2) is 7.21. The largest absolute Gasteiger partial charge is 0.367 e. The van der Waals surface area contributed by atoms with Crippen LogP contribution in [0.4, 0.5) is 0 Å². The lowest BCUT2D eigenvalue weighted by Gasteiger charge is -2.34. The summed E-state index contributed by atoms with van der Waals surface area (Å²) >= 11 is 0. The normalized spacial score (nSPS) is 16.4. The number of nitrogens with one attached hydrogen (secondary N) is 1. The first-order chi connectivity index (χ1) is 9.72. The van der Waals surface area contributed by atoms with Gasteiger partial charge in [0.1, 0.15) is 5.56 Å². The zero-order valence-electron chi connectivity index (χ0n) is 11.7. The van der Waals surface area contributed by atoms with Gasteiger partial charge in [-0.25, -0.2) is 0 Å². The Morgan fingerprint density at radius 2 is 2.00 bits per heavy atom. The Balaban J connectivity index is 1.86. The van der Waals surface area contributed by atoms with Gasteiger partial charge in [-0.2, -0.15) is 0 Å². The highest BCUT2D eigenvalue weighted by Gasteiger charge is 2.23. The summed E-state index contributed by atoms with van der Waals surface area (Å²) < 4.78 is 0. The Morgan fingerprint density at radius 1 is 1.25 bits per heavy atom. The van der Waals surface area contributed by atoms with Gasteiger partial charge in [0.2, 0.25) is 0 Å². The molecular weight excluding hydrogens is 256 g/mol. The lowest BCUT2D eigenvalue weighted by atomic mass is 10.2. The maximum absolute atomic E-state index is 12.3. The van der Waals surface area contributed by atoms with Crippen LogP contribution >= 0.6 is 0 Å². The summed E-state index contributed by atoms with van der Waals surface area (Å²) in [5, 5.41) is 0. The fourth-order valence-electron chi connectivity index (χ4n) is 2.41. The van der Waals surface area contributed by atoms with Gasteiger partial charge in [-0.3, -0.25) is 14.5 Å². The predicted molar refractivity (Wildman–Crippen MR) is 77.7 cm³/mol. The number of H-pyrrole nitrogens is 1. The van der Waals surface area contributed by atoms with E-state index in [4.69, 9.17) is 5.73 Å². The minimum atomic E-state index is -0.223. The van der Waals surface area contributed by atoms with Crippen molar-refractivity contribution in [2.45, 2.75) is 12.8 Å². The van der Waals surface area contributed by atoms with Crippen LogP contribution < -0.4 is 11.2 Å². The van der Waals surface area contributed by atoms with Crippen LogP contribution in [0.5, 0.6) is 0 Å². The molecule has 0 saturated carbocycles. The third-order valence-electron chi connectivity index (χ3n) is 3.64. The van der Waals surface area contributed by atoms with Gasteiger partial charge in [-0.15, -0.1) is 0 Å². The lowest BCUT2D eigenvalue weighted by Crippen LogP contribution is -2.49. The maximum Gasteiger partial charge on any atom is 0.259 e. The number of amides is 1. The number of aromatic nitrogens is 1. The maximum atomic E-state index is 12.3. The molecule has 0 spiro atoms. The van der Waals surface area contributed by atoms with Crippen molar-refractivity contribution in [2.75, 3.05) is 39.3 Å². The number of pyridine rings is 1. The molecule has 0 radical (unpaired) electrons. The van der Waals surface area contributed by atoms with E-state index in [0.717, 1.165) is 39.0 Å². The molecule has 6 heteroatoms. The number of aromatic amines is 1. The van der Waals surface area contributed by atoms with E-state index in [1.807, 2.05) is 0 Å². The van der Waals surface area contributed by atoms with Gasteiger partial charge < -0.3 is 15.6 Å². The molecule has 2 heterocycles. The summed E-state index contributed by atoms with van der Waals surface area (Å²) in [6.45, 7) is 4.84. The first-order valence-electron chi connectivity index (χ1n) is 7.11. The number of hydrogen-bond donors (Lipinski definition) is 2. The highest BCUT2D eigenvalue weighted by Crippen LogP contribution is 2.06. The summed E-state index contributed by atoms with van der Waals surface area (Å²) in [5.74, 6) is -0.173. The highest BCUT2D eigenvalue weighted by molar-refractivity contribution is 5.93. The standard InChI is InChI=1S/C14H22N4O2/c15-4-1-2-6-17-7-9-18(10-8-17)14(20)12-11-16-5-3-13(12)19/h3,5,11H,1-2,4,6-10,15H2,(H,16,19). The van der Waals surface area contributed by atoms with Crippen molar-refractivity contribution < 1.29 is 4.79 Å². The molecule has 0 bridgehead atoms. The Hall–Kier alpha value is -1.66. The molecule has 1 saturated heterocycles. The van der Waals surface area contributed by atoms with E-state index in [1.54, 1.807) is 4.90 Å². The topological polar surface area (TPSA) is 82.4 Å². The van der Waals surface area contributed by atoms with Crippen molar-refractivity contribution >= 4 is 5.91 Å². The van der Waals surface area contributed by atoms with Crippen LogP contribution in [0.1, 0.15) is 23.2 Å². The van der Waals surface area contributed by atoms with E-state index < -0.39 is 0 Å². The van der Waals surface area contributed by atoms with Gasteiger partial charge in [0.25, 0.3) is 5.91 Å². The second-order valence-corrected chi connectivity index (χ2v) is 5.05. The Labute approximate surface area is 118 Å². The quantitative estimate of drug-likeness (QED) is 0.735. The Kier molecular flexibility index (Phi) is 5.31. The zero-order valence-corrected chi connectivity index (χ0v) is 11.7. The molecule has 1 aliphatic heterocycles. The zero-order chi connectivity index (χ0) is 14.4. The van der Waals surface area contributed by atoms with E-state index in [2.05, 4.69) is 9.88 Å². The van der Waals surface area contributed by atoms with E-state index in [1.165, 1.54) is 18.5 Å². The van der Waals surface area contributed by atoms with Gasteiger partial charge in [-0.05, 0) is 25.9 Å². The van der Waals surface area contributed by atoms with Crippen LogP contribution in [0.3, 0.4) is 0 Å². The fraction of sp³-hybridized carbons (Fsp3) is 0.571. The number of carbonyl (C=O) groups excluding carboxylic acids is 1. The van der Waals surface area contributed by atoms with Gasteiger partial charge in [0.15, 0.2) is 5.43 Å². The van der Waals surface area contributed by atoms with E-state index >= 15 is 0 Å². The lowest BCUT2D eigenvalue weighted by molar-refractivity contribution is 0.0634. The number of hydrogen-bond acceptors (Lipinski definition) is 4. The first-order valence-corrected chi connectivity index (χ1v) is 7.11. The molecule has 6 nitrogen and oxygen atoms in total. The number of carbonyl (C=O) groups is 1. The number of nitrogens with zero attached hydrogens (tertiary/aromatic N) is 2. The summed E-state index contributed by atoms with van der Waals surface area (Å²) in [7, 11) is 0. The molecule has 1 aromatic rings. The summed E-state index contributed by atoms with van der Waals surface area (Å²) in [6, 6.07) is 1.39. The molecule has 1 amide bonds. The predicted octanol–water partition coefficient (Wildman–Crippen LogP) is -0.128. The van der Waals surface area contributed by atoms with Crippen molar-refractivity contribution in [3.05, 3.63) is 34.2 Å². The Bertz CT molecular complexity index is 492. The molecule has 3 N–H and O–H groups in total. The van der Waals surface area contributed by atoms with Crippen LogP contribution in [0, 0.1) is 0 Å². The third-order valence-corrected chi connectivity index (χ3v) is 3.64. The fourth-order valence-corrected chi connectivity index (χ4v) is 2.41. The summed E-state index contributed by atoms with van der Waals surface area (Å²) in [5.41, 5.74) is 5.48. The molecule has 1 fully saturated rings. The van der Waals surface area contributed by atoms with Crippen molar-refractivity contribution in [1.82, 2.24) is 14.8 Å². The molecule has 110 valence electrons. The monoisotopic (exact) mass is 278 g/mol. The molecule has 1 aliphatic rings. The second-order valence-electron chi connectivity index (χ2n) is 5.05. The number of rotatable bonds is 5. The van der Waals surface area contributed by atoms with E-state index in [-0.39, 0.29) is 16.9 Å². The molecule has 1 aromatic heterocycles. The molecule has 2 rings (SSSR count). The highest BCUT2D eigenvalue weighted by atomic mass is 16.2. The van der Waals surface area contributed by atoms with Crippen molar-refractivity contribution in [3.63, 3.8) is 0 Å². The molecule has 0 aromatic carbocycles. The minimum absolute atomic E-state index is 0.173. The van der Waals surface area contributed by atoms with Crippen LogP contribution in [0.15, 0.2) is 23.3 Å². The van der Waals surface area contributed by atoms with Gasteiger partial charge in [0.05, 0.1) is 0 Å². The average Bonchev–Trinajstić information content (AvgIpc) is 2.48. The first kappa shape index (κ1) is 14.7. The average molecular weight is 278 g/mol. The van der Waals surface area contributed by atoms with Gasteiger partial charge in [-0.1, -0.05) is 0 Å². The minimum Gasteiger partial charge on any atom is -0.367 e. The molecule has 0 unspecified atom stereocenters. The van der Waals surface area contributed by atoms with Gasteiger partial charge >= 0.3 is 0 Å². The van der Waals surface area contributed by atoms with E-state index in [9.17, 15) is 9.59 Å². The van der Waals surface area contributed by atoms with Gasteiger partial charge in [0, 0.05) is 44.6 Å². The Morgan fingerprint density at radius 3 is 2.65 bits per heavy atom. The SMILES string of the molecule is NCCCCN1CCN(C(=O)c2c[nH]ccc2=O)CC1. The molecular formula is C14H22N4O2. The van der Waals surface area contributed by atoms with Crippen molar-refractivity contribution in [1.29, 1.82) is 0 Å². The van der Waals surface area contributed by atoms with E-state index in [0.29, 0.717) is 13.1 Å². The van der Waals surface area contributed by atoms with Crippen molar-refractivity contribution in [2.24, 2.45) is 5.73 Å². The number of nitrogens with two attached hydrogens (primary N) is 1. The van der Waals surface area contributed by atoms with Crippen molar-refractivity contribution in [3.8, 4) is 0 Å².